The number of aliphatic hydroxyl groups is 1. The molecule has 0 aliphatic carbocycles. The predicted octanol–water partition coefficient (Wildman–Crippen LogP) is 2.85. The fourth-order valence-electron chi connectivity index (χ4n) is 2.66. The highest BCUT2D eigenvalue weighted by Crippen LogP contribution is 2.26. The molecule has 1 aliphatic rings. The van der Waals surface area contributed by atoms with Gasteiger partial charge < -0.3 is 19.6 Å². The summed E-state index contributed by atoms with van der Waals surface area (Å²) in [6.45, 7) is 2.36. The van der Waals surface area contributed by atoms with Crippen LogP contribution >= 0.6 is 11.6 Å². The Hall–Kier alpha value is -2.26. The Bertz CT molecular complexity index is 750. The largest absolute Gasteiger partial charge is 0.573 e. The quantitative estimate of drug-likeness (QED) is 0.813. The highest BCUT2D eigenvalue weighted by Gasteiger charge is 2.31. The summed E-state index contributed by atoms with van der Waals surface area (Å²) < 4.78 is 40.5. The molecule has 1 aliphatic heterocycles. The zero-order valence-electron chi connectivity index (χ0n) is 13.6. The second kappa shape index (κ2) is 7.55. The van der Waals surface area contributed by atoms with E-state index in [1.54, 1.807) is 12.1 Å². The van der Waals surface area contributed by atoms with Crippen molar-refractivity contribution in [3.63, 3.8) is 0 Å². The fraction of sp³-hybridized carbons (Fsp3) is 0.375. The fourth-order valence-corrected chi connectivity index (χ4v) is 2.84. The summed E-state index contributed by atoms with van der Waals surface area (Å²) in [5, 5.41) is 9.33. The zero-order chi connectivity index (χ0) is 18.7. The Balaban J connectivity index is 1.60. The molecule has 26 heavy (non-hydrogen) atoms. The molecule has 0 bridgehead atoms. The lowest BCUT2D eigenvalue weighted by Gasteiger charge is -2.36. The maximum absolute atomic E-state index is 12.2. The minimum Gasteiger partial charge on any atom is -0.406 e. The van der Waals surface area contributed by atoms with Crippen molar-refractivity contribution in [2.24, 2.45) is 0 Å². The van der Waals surface area contributed by atoms with Crippen LogP contribution in [0, 0.1) is 0 Å². The van der Waals surface area contributed by atoms with Crippen molar-refractivity contribution < 1.29 is 23.0 Å². The summed E-state index contributed by atoms with van der Waals surface area (Å²) in [5.41, 5.74) is 1.28. The number of hydrogen-bond acceptors (Lipinski definition) is 6. The topological polar surface area (TPSA) is 61.7 Å². The Morgan fingerprint density at radius 2 is 1.69 bits per heavy atom. The van der Waals surface area contributed by atoms with Crippen LogP contribution < -0.4 is 14.5 Å². The number of ether oxygens (including phenoxy) is 1. The third-order valence-electron chi connectivity index (χ3n) is 3.97. The normalized spacial score (nSPS) is 15.3. The summed E-state index contributed by atoms with van der Waals surface area (Å²) in [6, 6.07) is 5.79. The van der Waals surface area contributed by atoms with E-state index in [9.17, 15) is 13.2 Å². The second-order valence-corrected chi connectivity index (χ2v) is 6.02. The van der Waals surface area contributed by atoms with Gasteiger partial charge in [-0.25, -0.2) is 9.97 Å². The number of aliphatic hydroxyl groups excluding tert-OH is 1. The summed E-state index contributed by atoms with van der Waals surface area (Å²) in [6.07, 6.45) is -3.20. The summed E-state index contributed by atoms with van der Waals surface area (Å²) in [5.74, 6) is 0.243. The van der Waals surface area contributed by atoms with Crippen molar-refractivity contribution >= 4 is 23.2 Å². The molecule has 0 atom stereocenters. The average Bonchev–Trinajstić information content (AvgIpc) is 2.61. The van der Waals surface area contributed by atoms with Gasteiger partial charge in [-0.1, -0.05) is 11.6 Å². The molecule has 2 aromatic rings. The molecule has 0 unspecified atom stereocenters. The Morgan fingerprint density at radius 3 is 2.23 bits per heavy atom. The van der Waals surface area contributed by atoms with Gasteiger partial charge in [-0.2, -0.15) is 0 Å². The maximum Gasteiger partial charge on any atom is 0.573 e. The molecule has 10 heteroatoms. The number of rotatable bonds is 4. The van der Waals surface area contributed by atoms with Gasteiger partial charge in [0.2, 0.25) is 5.95 Å². The summed E-state index contributed by atoms with van der Waals surface area (Å²) in [7, 11) is 0. The van der Waals surface area contributed by atoms with Crippen LogP contribution in [0.25, 0.3) is 0 Å². The Morgan fingerprint density at radius 1 is 1.08 bits per heavy atom. The van der Waals surface area contributed by atoms with E-state index in [-0.39, 0.29) is 17.5 Å². The van der Waals surface area contributed by atoms with Gasteiger partial charge in [0.25, 0.3) is 0 Å². The third-order valence-corrected chi connectivity index (χ3v) is 4.29. The summed E-state index contributed by atoms with van der Waals surface area (Å²) in [4.78, 5) is 12.4. The predicted molar refractivity (Wildman–Crippen MR) is 90.5 cm³/mol. The van der Waals surface area contributed by atoms with Crippen molar-refractivity contribution in [2.75, 3.05) is 36.0 Å². The minimum atomic E-state index is -4.69. The number of nitrogens with zero attached hydrogens (tertiary/aromatic N) is 4. The maximum atomic E-state index is 12.2. The number of aromatic nitrogens is 2. The highest BCUT2D eigenvalue weighted by molar-refractivity contribution is 6.30. The van der Waals surface area contributed by atoms with Gasteiger partial charge in [0.15, 0.2) is 0 Å². The first kappa shape index (κ1) is 18.5. The van der Waals surface area contributed by atoms with E-state index in [0.717, 1.165) is 5.69 Å². The Labute approximate surface area is 152 Å². The lowest BCUT2D eigenvalue weighted by atomic mass is 10.2. The van der Waals surface area contributed by atoms with E-state index in [2.05, 4.69) is 19.6 Å². The molecule has 1 saturated heterocycles. The molecule has 2 heterocycles. The van der Waals surface area contributed by atoms with E-state index in [1.165, 1.54) is 18.3 Å². The van der Waals surface area contributed by atoms with E-state index >= 15 is 0 Å². The van der Waals surface area contributed by atoms with E-state index in [4.69, 9.17) is 16.7 Å². The third kappa shape index (κ3) is 4.47. The van der Waals surface area contributed by atoms with E-state index in [0.29, 0.717) is 37.7 Å². The standard InChI is InChI=1S/C16H16ClF3N4O2/c17-14-11(10-25)9-21-15(22-14)24-7-5-23(6-8-24)12-1-3-13(4-2-12)26-16(18,19)20/h1-4,9,25H,5-8,10H2. The summed E-state index contributed by atoms with van der Waals surface area (Å²) >= 11 is 5.99. The molecule has 3 rings (SSSR count). The smallest absolute Gasteiger partial charge is 0.406 e. The van der Waals surface area contributed by atoms with Gasteiger partial charge in [0.05, 0.1) is 6.61 Å². The Kier molecular flexibility index (Phi) is 5.38. The number of anilines is 2. The SMILES string of the molecule is OCc1cnc(N2CCN(c3ccc(OC(F)(F)F)cc3)CC2)nc1Cl. The first-order valence-corrected chi connectivity index (χ1v) is 8.21. The number of hydrogen-bond donors (Lipinski definition) is 1. The molecule has 1 aromatic heterocycles. The van der Waals surface area contributed by atoms with Gasteiger partial charge in [-0.05, 0) is 24.3 Å². The minimum absolute atomic E-state index is 0.221. The molecule has 1 aromatic carbocycles. The van der Waals surface area contributed by atoms with Crippen molar-refractivity contribution in [2.45, 2.75) is 13.0 Å². The van der Waals surface area contributed by atoms with Crippen LogP contribution in [0.5, 0.6) is 5.75 Å². The molecule has 0 radical (unpaired) electrons. The first-order valence-electron chi connectivity index (χ1n) is 7.84. The second-order valence-electron chi connectivity index (χ2n) is 5.66. The van der Waals surface area contributed by atoms with Gasteiger partial charge in [0, 0.05) is 43.6 Å². The van der Waals surface area contributed by atoms with Crippen LogP contribution in [-0.4, -0.2) is 47.6 Å². The molecule has 6 nitrogen and oxygen atoms in total. The zero-order valence-corrected chi connectivity index (χ0v) is 14.3. The lowest BCUT2D eigenvalue weighted by Crippen LogP contribution is -2.47. The number of alkyl halides is 3. The van der Waals surface area contributed by atoms with E-state index < -0.39 is 6.36 Å². The van der Waals surface area contributed by atoms with Gasteiger partial charge in [-0.3, -0.25) is 0 Å². The average molecular weight is 389 g/mol. The van der Waals surface area contributed by atoms with E-state index in [1.807, 2.05) is 4.90 Å². The molecular weight excluding hydrogens is 373 g/mol. The van der Waals surface area contributed by atoms with Gasteiger partial charge in [0.1, 0.15) is 10.9 Å². The number of piperazine rings is 1. The van der Waals surface area contributed by atoms with Crippen molar-refractivity contribution in [1.82, 2.24) is 9.97 Å². The van der Waals surface area contributed by atoms with Crippen molar-refractivity contribution in [3.8, 4) is 5.75 Å². The van der Waals surface area contributed by atoms with Crippen LogP contribution in [0.15, 0.2) is 30.5 Å². The van der Waals surface area contributed by atoms with Crippen LogP contribution in [0.2, 0.25) is 5.15 Å². The molecule has 1 fully saturated rings. The van der Waals surface area contributed by atoms with Crippen LogP contribution in [0.4, 0.5) is 24.8 Å². The van der Waals surface area contributed by atoms with Gasteiger partial charge >= 0.3 is 6.36 Å². The van der Waals surface area contributed by atoms with Crippen molar-refractivity contribution in [1.29, 1.82) is 0 Å². The number of halogens is 4. The molecule has 140 valence electrons. The number of benzene rings is 1. The van der Waals surface area contributed by atoms with Crippen LogP contribution in [0.1, 0.15) is 5.56 Å². The molecule has 0 saturated carbocycles. The molecular formula is C16H16ClF3N4O2. The highest BCUT2D eigenvalue weighted by atomic mass is 35.5. The molecule has 0 spiro atoms. The van der Waals surface area contributed by atoms with Crippen LogP contribution in [-0.2, 0) is 6.61 Å². The van der Waals surface area contributed by atoms with Crippen molar-refractivity contribution in [3.05, 3.63) is 41.2 Å². The first-order chi connectivity index (χ1) is 12.4. The lowest BCUT2D eigenvalue weighted by molar-refractivity contribution is -0.274. The monoisotopic (exact) mass is 388 g/mol. The van der Waals surface area contributed by atoms with Gasteiger partial charge in [-0.15, -0.1) is 13.2 Å². The molecule has 0 amide bonds. The van der Waals surface area contributed by atoms with Crippen LogP contribution in [0.3, 0.4) is 0 Å². The molecule has 1 N–H and O–H groups in total.